The minimum atomic E-state index is -0.258. The molecule has 7 heteroatoms. The van der Waals surface area contributed by atoms with Crippen molar-refractivity contribution in [1.82, 2.24) is 10.6 Å². The van der Waals surface area contributed by atoms with Crippen LogP contribution in [-0.2, 0) is 22.5 Å². The maximum Gasteiger partial charge on any atom is 0.191 e. The maximum absolute atomic E-state index is 13.9. The van der Waals surface area contributed by atoms with Crippen molar-refractivity contribution in [2.45, 2.75) is 64.6 Å². The second kappa shape index (κ2) is 12.0. The largest absolute Gasteiger partial charge is 0.467 e. The van der Waals surface area contributed by atoms with Crippen molar-refractivity contribution >= 4 is 5.96 Å². The Kier molecular flexibility index (Phi) is 9.02. The fourth-order valence-corrected chi connectivity index (χ4v) is 3.84. The summed E-state index contributed by atoms with van der Waals surface area (Å²) in [6.07, 6.45) is 8.35. The second-order valence-electron chi connectivity index (χ2n) is 7.59. The van der Waals surface area contributed by atoms with Gasteiger partial charge in [0.05, 0.1) is 12.7 Å². The van der Waals surface area contributed by atoms with E-state index in [1.807, 2.05) is 6.92 Å². The monoisotopic (exact) mass is 407 g/mol. The van der Waals surface area contributed by atoms with E-state index < -0.39 is 0 Å². The molecule has 0 saturated heterocycles. The van der Waals surface area contributed by atoms with Gasteiger partial charge in [0.25, 0.3) is 0 Å². The number of hydrogen-bond donors (Lipinski definition) is 2. The van der Waals surface area contributed by atoms with Gasteiger partial charge in [-0.15, -0.1) is 0 Å². The van der Waals surface area contributed by atoms with Crippen LogP contribution < -0.4 is 15.4 Å². The first-order chi connectivity index (χ1) is 14.3. The lowest BCUT2D eigenvalue weighted by molar-refractivity contribution is -0.0172. The molecule has 6 nitrogen and oxygen atoms in total. The average Bonchev–Trinajstić information content (AvgIpc) is 2.74. The lowest BCUT2D eigenvalue weighted by Gasteiger charge is -2.21. The Morgan fingerprint density at radius 1 is 1.24 bits per heavy atom. The summed E-state index contributed by atoms with van der Waals surface area (Å²) in [5.74, 6) is 1.27. The topological polar surface area (TPSA) is 64.1 Å². The SMILES string of the molecule is CCNC(=NCCCOC1CCCCC1)NCCc1cc(F)cc2c1OCOC2. The van der Waals surface area contributed by atoms with E-state index in [9.17, 15) is 4.39 Å². The zero-order valence-electron chi connectivity index (χ0n) is 17.5. The highest BCUT2D eigenvalue weighted by Crippen LogP contribution is 2.29. The Morgan fingerprint density at radius 2 is 2.10 bits per heavy atom. The van der Waals surface area contributed by atoms with Gasteiger partial charge in [-0.05, 0) is 50.3 Å². The molecule has 2 aliphatic rings. The summed E-state index contributed by atoms with van der Waals surface area (Å²) in [5, 5.41) is 6.58. The summed E-state index contributed by atoms with van der Waals surface area (Å²) in [7, 11) is 0. The van der Waals surface area contributed by atoms with Crippen LogP contribution >= 0.6 is 0 Å². The van der Waals surface area contributed by atoms with Crippen molar-refractivity contribution in [2.75, 3.05) is 33.0 Å². The number of benzene rings is 1. The fraction of sp³-hybridized carbons (Fsp3) is 0.682. The van der Waals surface area contributed by atoms with Gasteiger partial charge in [0.2, 0.25) is 0 Å². The molecule has 0 amide bonds. The smallest absolute Gasteiger partial charge is 0.191 e. The van der Waals surface area contributed by atoms with Gasteiger partial charge in [0.15, 0.2) is 12.8 Å². The number of ether oxygens (including phenoxy) is 3. The Bertz CT molecular complexity index is 663. The van der Waals surface area contributed by atoms with Crippen molar-refractivity contribution in [2.24, 2.45) is 4.99 Å². The molecule has 0 unspecified atom stereocenters. The van der Waals surface area contributed by atoms with E-state index in [0.29, 0.717) is 25.7 Å². The summed E-state index contributed by atoms with van der Waals surface area (Å²) in [6, 6.07) is 3.02. The van der Waals surface area contributed by atoms with Crippen LogP contribution in [0, 0.1) is 5.82 Å². The van der Waals surface area contributed by atoms with Crippen LogP contribution in [0.1, 0.15) is 56.6 Å². The number of halogens is 1. The molecule has 3 rings (SSSR count). The standard InChI is InChI=1S/C22H34FN3O3/c1-2-24-22(25-10-6-12-28-20-7-4-3-5-8-20)26-11-9-17-13-19(23)14-18-15-27-16-29-21(17)18/h13-14,20H,2-12,15-16H2,1H3,(H2,24,25,26). The van der Waals surface area contributed by atoms with Gasteiger partial charge in [-0.3, -0.25) is 4.99 Å². The summed E-state index contributed by atoms with van der Waals surface area (Å²) in [4.78, 5) is 4.62. The number of hydrogen-bond acceptors (Lipinski definition) is 4. The number of fused-ring (bicyclic) bond motifs is 1. The van der Waals surface area contributed by atoms with Crippen LogP contribution in [0.3, 0.4) is 0 Å². The van der Waals surface area contributed by atoms with E-state index >= 15 is 0 Å². The Balaban J connectivity index is 1.42. The number of aliphatic imine (C=N–C) groups is 1. The van der Waals surface area contributed by atoms with E-state index in [1.165, 1.54) is 38.2 Å². The van der Waals surface area contributed by atoms with Crippen molar-refractivity contribution in [3.8, 4) is 5.75 Å². The summed E-state index contributed by atoms with van der Waals surface area (Å²) >= 11 is 0. The molecule has 1 aromatic carbocycles. The van der Waals surface area contributed by atoms with Crippen molar-refractivity contribution in [3.63, 3.8) is 0 Å². The van der Waals surface area contributed by atoms with Crippen molar-refractivity contribution in [1.29, 1.82) is 0 Å². The Labute approximate surface area is 173 Å². The lowest BCUT2D eigenvalue weighted by atomic mass is 9.98. The maximum atomic E-state index is 13.9. The Hall–Kier alpha value is -1.86. The lowest BCUT2D eigenvalue weighted by Crippen LogP contribution is -2.38. The predicted octanol–water partition coefficient (Wildman–Crippen LogP) is 3.53. The van der Waals surface area contributed by atoms with Gasteiger partial charge in [-0.2, -0.15) is 0 Å². The van der Waals surface area contributed by atoms with Gasteiger partial charge in [-0.1, -0.05) is 19.3 Å². The van der Waals surface area contributed by atoms with Gasteiger partial charge in [0, 0.05) is 31.8 Å². The van der Waals surface area contributed by atoms with Crippen molar-refractivity contribution in [3.05, 3.63) is 29.1 Å². The van der Waals surface area contributed by atoms with Crippen LogP contribution in [0.15, 0.2) is 17.1 Å². The summed E-state index contributed by atoms with van der Waals surface area (Å²) in [6.45, 7) is 5.57. The predicted molar refractivity (Wildman–Crippen MR) is 112 cm³/mol. The van der Waals surface area contributed by atoms with E-state index in [-0.39, 0.29) is 12.6 Å². The van der Waals surface area contributed by atoms with Crippen LogP contribution in [0.2, 0.25) is 0 Å². The zero-order chi connectivity index (χ0) is 20.3. The van der Waals surface area contributed by atoms with Gasteiger partial charge >= 0.3 is 0 Å². The highest BCUT2D eigenvalue weighted by molar-refractivity contribution is 5.79. The molecule has 0 atom stereocenters. The first-order valence-corrected chi connectivity index (χ1v) is 10.9. The molecule has 1 heterocycles. The zero-order valence-corrected chi connectivity index (χ0v) is 17.5. The molecule has 1 fully saturated rings. The molecule has 0 spiro atoms. The minimum absolute atomic E-state index is 0.214. The molecule has 0 radical (unpaired) electrons. The molecule has 0 aromatic heterocycles. The fourth-order valence-electron chi connectivity index (χ4n) is 3.84. The summed E-state index contributed by atoms with van der Waals surface area (Å²) < 4.78 is 30.6. The Morgan fingerprint density at radius 3 is 2.93 bits per heavy atom. The van der Waals surface area contributed by atoms with E-state index in [2.05, 4.69) is 15.6 Å². The molecule has 1 saturated carbocycles. The van der Waals surface area contributed by atoms with Crippen molar-refractivity contribution < 1.29 is 18.6 Å². The normalized spacial score (nSPS) is 17.5. The second-order valence-corrected chi connectivity index (χ2v) is 7.59. The quantitative estimate of drug-likeness (QED) is 0.372. The van der Waals surface area contributed by atoms with Gasteiger partial charge < -0.3 is 24.8 Å². The van der Waals surface area contributed by atoms with Gasteiger partial charge in [0.1, 0.15) is 11.6 Å². The molecular formula is C22H34FN3O3. The molecule has 0 bridgehead atoms. The third-order valence-corrected chi connectivity index (χ3v) is 5.26. The molecule has 162 valence electrons. The number of rotatable bonds is 9. The first-order valence-electron chi connectivity index (χ1n) is 10.9. The van der Waals surface area contributed by atoms with E-state index in [4.69, 9.17) is 14.2 Å². The van der Waals surface area contributed by atoms with Gasteiger partial charge in [-0.25, -0.2) is 4.39 Å². The number of guanidine groups is 1. The average molecular weight is 408 g/mol. The van der Waals surface area contributed by atoms with E-state index in [1.54, 1.807) is 6.07 Å². The third-order valence-electron chi connectivity index (χ3n) is 5.26. The molecule has 2 N–H and O–H groups in total. The van der Waals surface area contributed by atoms with Crippen LogP contribution in [0.25, 0.3) is 0 Å². The van der Waals surface area contributed by atoms with Crippen LogP contribution in [0.5, 0.6) is 5.75 Å². The molecule has 1 aromatic rings. The first kappa shape index (κ1) is 21.8. The summed E-state index contributed by atoms with van der Waals surface area (Å²) in [5.41, 5.74) is 1.62. The molecule has 1 aliphatic heterocycles. The third kappa shape index (κ3) is 7.16. The van der Waals surface area contributed by atoms with E-state index in [0.717, 1.165) is 49.0 Å². The number of nitrogens with one attached hydrogen (secondary N) is 2. The van der Waals surface area contributed by atoms with Crippen LogP contribution in [-0.4, -0.2) is 45.1 Å². The number of nitrogens with zero attached hydrogens (tertiary/aromatic N) is 1. The molecular weight excluding hydrogens is 373 g/mol. The highest BCUT2D eigenvalue weighted by Gasteiger charge is 2.17. The highest BCUT2D eigenvalue weighted by atomic mass is 19.1. The molecule has 1 aliphatic carbocycles. The van der Waals surface area contributed by atoms with Crippen LogP contribution in [0.4, 0.5) is 4.39 Å². The minimum Gasteiger partial charge on any atom is -0.467 e. The molecule has 29 heavy (non-hydrogen) atoms.